The third-order valence-electron chi connectivity index (χ3n) is 5.20. The maximum atomic E-state index is 10.2. The average molecular weight is 340 g/mol. The van der Waals surface area contributed by atoms with Gasteiger partial charge in [-0.25, -0.2) is 0 Å². The summed E-state index contributed by atoms with van der Waals surface area (Å²) < 4.78 is 5.78. The van der Waals surface area contributed by atoms with Crippen LogP contribution < -0.4 is 5.32 Å². The maximum absolute atomic E-state index is 10.2. The summed E-state index contributed by atoms with van der Waals surface area (Å²) in [6.45, 7) is 7.57. The first-order valence-electron chi connectivity index (χ1n) is 8.76. The zero-order valence-corrected chi connectivity index (χ0v) is 15.2. The van der Waals surface area contributed by atoms with Crippen LogP contribution in [0, 0.1) is 11.8 Å². The van der Waals surface area contributed by atoms with Gasteiger partial charge in [0.2, 0.25) is 0 Å². The van der Waals surface area contributed by atoms with E-state index in [0.29, 0.717) is 25.1 Å². The van der Waals surface area contributed by atoms with Gasteiger partial charge in [-0.3, -0.25) is 0 Å². The SMILES string of the molecule is C[C@@H]1[C@H](C)CCC[C@@H]1NC[C@H](O)CO[C@@H](C)c1ccc(Cl)cc1. The third kappa shape index (κ3) is 5.75. The Hall–Kier alpha value is -0.610. The molecule has 1 aliphatic carbocycles. The number of ether oxygens (including phenoxy) is 1. The molecule has 0 bridgehead atoms. The molecule has 0 aromatic heterocycles. The second-order valence-corrected chi connectivity index (χ2v) is 7.40. The van der Waals surface area contributed by atoms with Gasteiger partial charge < -0.3 is 15.2 Å². The van der Waals surface area contributed by atoms with Crippen LogP contribution in [0.5, 0.6) is 0 Å². The van der Waals surface area contributed by atoms with E-state index in [4.69, 9.17) is 16.3 Å². The molecule has 2 rings (SSSR count). The first kappa shape index (κ1) is 18.7. The van der Waals surface area contributed by atoms with Gasteiger partial charge in [0.15, 0.2) is 0 Å². The number of rotatable bonds is 7. The van der Waals surface area contributed by atoms with Crippen molar-refractivity contribution < 1.29 is 9.84 Å². The molecule has 3 nitrogen and oxygen atoms in total. The Kier molecular flexibility index (Phi) is 7.35. The lowest BCUT2D eigenvalue weighted by Gasteiger charge is -2.35. The molecule has 0 heterocycles. The van der Waals surface area contributed by atoms with Gasteiger partial charge in [-0.15, -0.1) is 0 Å². The molecule has 5 atom stereocenters. The molecule has 0 saturated heterocycles. The first-order chi connectivity index (χ1) is 11.0. The van der Waals surface area contributed by atoms with E-state index in [0.717, 1.165) is 16.5 Å². The minimum absolute atomic E-state index is 0.0458. The van der Waals surface area contributed by atoms with E-state index in [1.165, 1.54) is 19.3 Å². The molecule has 0 radical (unpaired) electrons. The van der Waals surface area contributed by atoms with Gasteiger partial charge in [-0.2, -0.15) is 0 Å². The Morgan fingerprint density at radius 2 is 1.96 bits per heavy atom. The minimum atomic E-state index is -0.478. The Labute approximate surface area is 145 Å². The Bertz CT molecular complexity index is 465. The van der Waals surface area contributed by atoms with E-state index in [1.807, 2.05) is 31.2 Å². The van der Waals surface area contributed by atoms with Crippen LogP contribution in [0.15, 0.2) is 24.3 Å². The standard InChI is InChI=1S/C19H30ClNO2/c1-13-5-4-6-19(14(13)2)21-11-18(22)12-23-15(3)16-7-9-17(20)10-8-16/h7-10,13-15,18-19,21-22H,4-6,11-12H2,1-3H3/t13-,14-,15+,18+,19+/m1/s1. The fourth-order valence-electron chi connectivity index (χ4n) is 3.30. The molecule has 130 valence electrons. The van der Waals surface area contributed by atoms with Crippen LogP contribution in [0.2, 0.25) is 5.02 Å². The molecular weight excluding hydrogens is 310 g/mol. The summed E-state index contributed by atoms with van der Waals surface area (Å²) in [5.74, 6) is 1.43. The van der Waals surface area contributed by atoms with Gasteiger partial charge in [-0.1, -0.05) is 50.4 Å². The number of halogens is 1. The molecule has 4 heteroatoms. The molecule has 23 heavy (non-hydrogen) atoms. The topological polar surface area (TPSA) is 41.5 Å². The van der Waals surface area contributed by atoms with Crippen LogP contribution in [0.4, 0.5) is 0 Å². The molecule has 0 spiro atoms. The van der Waals surface area contributed by atoms with Crippen molar-refractivity contribution in [3.05, 3.63) is 34.9 Å². The number of nitrogens with one attached hydrogen (secondary N) is 1. The molecule has 1 aliphatic rings. The summed E-state index contributed by atoms with van der Waals surface area (Å²) in [4.78, 5) is 0. The second kappa shape index (κ2) is 9.03. The van der Waals surface area contributed by atoms with E-state index in [9.17, 15) is 5.11 Å². The highest BCUT2D eigenvalue weighted by atomic mass is 35.5. The fourth-order valence-corrected chi connectivity index (χ4v) is 3.43. The Morgan fingerprint density at radius 3 is 2.65 bits per heavy atom. The van der Waals surface area contributed by atoms with E-state index in [1.54, 1.807) is 0 Å². The van der Waals surface area contributed by atoms with Gasteiger partial charge in [-0.05, 0) is 42.9 Å². The molecule has 0 amide bonds. The van der Waals surface area contributed by atoms with Crippen molar-refractivity contribution in [1.82, 2.24) is 5.32 Å². The Balaban J connectivity index is 1.70. The first-order valence-corrected chi connectivity index (χ1v) is 9.13. The number of benzene rings is 1. The quantitative estimate of drug-likeness (QED) is 0.782. The monoisotopic (exact) mass is 339 g/mol. The van der Waals surface area contributed by atoms with Crippen molar-refractivity contribution in [1.29, 1.82) is 0 Å². The van der Waals surface area contributed by atoms with Gasteiger partial charge in [0.05, 0.1) is 18.8 Å². The van der Waals surface area contributed by atoms with Gasteiger partial charge in [0.25, 0.3) is 0 Å². The molecule has 1 fully saturated rings. The van der Waals surface area contributed by atoms with Crippen LogP contribution in [0.3, 0.4) is 0 Å². The van der Waals surface area contributed by atoms with Crippen LogP contribution >= 0.6 is 11.6 Å². The average Bonchev–Trinajstić information content (AvgIpc) is 2.54. The maximum Gasteiger partial charge on any atom is 0.0898 e. The molecule has 1 aromatic rings. The van der Waals surface area contributed by atoms with Crippen molar-refractivity contribution in [2.24, 2.45) is 11.8 Å². The molecule has 1 aromatic carbocycles. The summed E-state index contributed by atoms with van der Waals surface area (Å²) in [6, 6.07) is 8.16. The Morgan fingerprint density at radius 1 is 1.26 bits per heavy atom. The zero-order chi connectivity index (χ0) is 16.8. The van der Waals surface area contributed by atoms with Crippen LogP contribution in [0.25, 0.3) is 0 Å². The summed E-state index contributed by atoms with van der Waals surface area (Å²) in [5, 5.41) is 14.4. The van der Waals surface area contributed by atoms with Gasteiger partial charge >= 0.3 is 0 Å². The molecule has 0 unspecified atom stereocenters. The number of aliphatic hydroxyl groups is 1. The molecular formula is C19H30ClNO2. The number of aliphatic hydroxyl groups excluding tert-OH is 1. The van der Waals surface area contributed by atoms with Crippen molar-refractivity contribution in [2.75, 3.05) is 13.2 Å². The van der Waals surface area contributed by atoms with Crippen molar-refractivity contribution >= 4 is 11.6 Å². The van der Waals surface area contributed by atoms with Crippen molar-refractivity contribution in [3.63, 3.8) is 0 Å². The third-order valence-corrected chi connectivity index (χ3v) is 5.45. The van der Waals surface area contributed by atoms with E-state index in [-0.39, 0.29) is 6.10 Å². The van der Waals surface area contributed by atoms with Crippen LogP contribution in [0.1, 0.15) is 51.7 Å². The number of hydrogen-bond donors (Lipinski definition) is 2. The highest BCUT2D eigenvalue weighted by Crippen LogP contribution is 2.29. The van der Waals surface area contributed by atoms with Crippen LogP contribution in [-0.2, 0) is 4.74 Å². The van der Waals surface area contributed by atoms with E-state index < -0.39 is 6.10 Å². The predicted molar refractivity (Wildman–Crippen MR) is 95.8 cm³/mol. The molecule has 1 saturated carbocycles. The largest absolute Gasteiger partial charge is 0.389 e. The zero-order valence-electron chi connectivity index (χ0n) is 14.5. The minimum Gasteiger partial charge on any atom is -0.389 e. The van der Waals surface area contributed by atoms with Crippen molar-refractivity contribution in [3.8, 4) is 0 Å². The van der Waals surface area contributed by atoms with Crippen molar-refractivity contribution in [2.45, 2.75) is 58.3 Å². The summed E-state index contributed by atoms with van der Waals surface area (Å²) in [7, 11) is 0. The van der Waals surface area contributed by atoms with Gasteiger partial charge in [0.1, 0.15) is 0 Å². The van der Waals surface area contributed by atoms with E-state index >= 15 is 0 Å². The molecule has 0 aliphatic heterocycles. The van der Waals surface area contributed by atoms with E-state index in [2.05, 4.69) is 19.2 Å². The lowest BCUT2D eigenvalue weighted by Crippen LogP contribution is -2.44. The lowest BCUT2D eigenvalue weighted by molar-refractivity contribution is -0.00441. The molecule has 2 N–H and O–H groups in total. The second-order valence-electron chi connectivity index (χ2n) is 6.96. The summed E-state index contributed by atoms with van der Waals surface area (Å²) in [5.41, 5.74) is 1.07. The normalized spacial score (nSPS) is 27.6. The summed E-state index contributed by atoms with van der Waals surface area (Å²) in [6.07, 6.45) is 3.29. The number of hydrogen-bond acceptors (Lipinski definition) is 3. The van der Waals surface area contributed by atoms with Gasteiger partial charge in [0, 0.05) is 17.6 Å². The highest BCUT2D eigenvalue weighted by Gasteiger charge is 2.27. The van der Waals surface area contributed by atoms with Crippen LogP contribution in [-0.4, -0.2) is 30.4 Å². The highest BCUT2D eigenvalue weighted by molar-refractivity contribution is 6.30. The smallest absolute Gasteiger partial charge is 0.0898 e. The lowest BCUT2D eigenvalue weighted by atomic mass is 9.78. The summed E-state index contributed by atoms with van der Waals surface area (Å²) >= 11 is 5.89. The predicted octanol–water partition coefficient (Wildman–Crippen LogP) is 4.19. The fraction of sp³-hybridized carbons (Fsp3) is 0.684.